The Bertz CT molecular complexity index is 920. The number of benzene rings is 1. The van der Waals surface area contributed by atoms with E-state index in [0.29, 0.717) is 11.3 Å². The minimum atomic E-state index is -0.518. The molecule has 0 saturated carbocycles. The summed E-state index contributed by atoms with van der Waals surface area (Å²) in [6, 6.07) is 13.7. The van der Waals surface area contributed by atoms with Gasteiger partial charge in [-0.1, -0.05) is 22.0 Å². The molecule has 3 rings (SSSR count). The van der Waals surface area contributed by atoms with Crippen LogP contribution in [0.1, 0.15) is 16.1 Å². The summed E-state index contributed by atoms with van der Waals surface area (Å²) in [5.41, 5.74) is 1.35. The molecule has 2 amide bonds. The van der Waals surface area contributed by atoms with Crippen molar-refractivity contribution in [1.82, 2.24) is 10.3 Å². The zero-order valence-corrected chi connectivity index (χ0v) is 15.1. The molecule has 0 fully saturated rings. The molecule has 0 bridgehead atoms. The molecule has 1 aromatic carbocycles. The van der Waals surface area contributed by atoms with E-state index in [-0.39, 0.29) is 11.5 Å². The predicted octanol–water partition coefficient (Wildman–Crippen LogP) is 3.85. The Hall–Kier alpha value is -3.19. The second-order valence-corrected chi connectivity index (χ2v) is 6.15. The highest BCUT2D eigenvalue weighted by Crippen LogP contribution is 2.15. The average molecular weight is 412 g/mol. The molecule has 0 aliphatic carbocycles. The van der Waals surface area contributed by atoms with E-state index in [1.807, 2.05) is 12.1 Å². The summed E-state index contributed by atoms with van der Waals surface area (Å²) in [6.07, 6.45) is 6.15. The number of furan rings is 1. The van der Waals surface area contributed by atoms with Gasteiger partial charge < -0.3 is 15.1 Å². The van der Waals surface area contributed by atoms with Gasteiger partial charge in [-0.2, -0.15) is 0 Å². The standard InChI is InChI=1S/C19H14BrN3O3/c20-14-5-7-15(8-6-14)22-18(24)16(11-13-3-1-9-21-12-13)23-19(25)17-4-2-10-26-17/h1-12H,(H,22,24)(H,23,25)/b16-11+. The van der Waals surface area contributed by atoms with Gasteiger partial charge in [-0.3, -0.25) is 14.6 Å². The molecule has 0 atom stereocenters. The van der Waals surface area contributed by atoms with E-state index in [1.165, 1.54) is 12.3 Å². The molecule has 6 nitrogen and oxygen atoms in total. The lowest BCUT2D eigenvalue weighted by molar-refractivity contribution is -0.113. The largest absolute Gasteiger partial charge is 0.459 e. The number of hydrogen-bond donors (Lipinski definition) is 2. The van der Waals surface area contributed by atoms with E-state index < -0.39 is 11.8 Å². The van der Waals surface area contributed by atoms with Crippen LogP contribution < -0.4 is 10.6 Å². The van der Waals surface area contributed by atoms with E-state index in [0.717, 1.165) is 4.47 Å². The van der Waals surface area contributed by atoms with Gasteiger partial charge in [-0.15, -0.1) is 0 Å². The van der Waals surface area contributed by atoms with Crippen LogP contribution in [-0.4, -0.2) is 16.8 Å². The molecular formula is C19H14BrN3O3. The van der Waals surface area contributed by atoms with Crippen LogP contribution in [0.25, 0.3) is 6.08 Å². The molecule has 2 N–H and O–H groups in total. The number of rotatable bonds is 5. The summed E-state index contributed by atoms with van der Waals surface area (Å²) >= 11 is 3.34. The van der Waals surface area contributed by atoms with Crippen molar-refractivity contribution < 1.29 is 14.0 Å². The molecule has 2 heterocycles. The van der Waals surface area contributed by atoms with Crippen LogP contribution in [0.2, 0.25) is 0 Å². The molecule has 0 aliphatic rings. The predicted molar refractivity (Wildman–Crippen MR) is 101 cm³/mol. The van der Waals surface area contributed by atoms with Gasteiger partial charge in [0.1, 0.15) is 5.70 Å². The third-order valence-corrected chi connectivity index (χ3v) is 3.86. The second kappa shape index (κ2) is 8.26. The number of hydrogen-bond acceptors (Lipinski definition) is 4. The molecule has 0 saturated heterocycles. The lowest BCUT2D eigenvalue weighted by Crippen LogP contribution is -2.30. The topological polar surface area (TPSA) is 84.2 Å². The van der Waals surface area contributed by atoms with Crippen LogP contribution in [0, 0.1) is 0 Å². The third kappa shape index (κ3) is 4.67. The summed E-state index contributed by atoms with van der Waals surface area (Å²) in [5, 5.41) is 5.32. The molecule has 0 aliphatic heterocycles. The van der Waals surface area contributed by atoms with Crippen LogP contribution >= 0.6 is 15.9 Å². The fraction of sp³-hybridized carbons (Fsp3) is 0. The zero-order valence-electron chi connectivity index (χ0n) is 13.5. The molecule has 130 valence electrons. The SMILES string of the molecule is O=C(Nc1ccc(Br)cc1)/C(=C\c1cccnc1)NC(=O)c1ccco1. The number of amides is 2. The molecular weight excluding hydrogens is 398 g/mol. The Morgan fingerprint density at radius 2 is 1.88 bits per heavy atom. The second-order valence-electron chi connectivity index (χ2n) is 5.24. The van der Waals surface area contributed by atoms with Gasteiger partial charge in [0, 0.05) is 22.6 Å². The van der Waals surface area contributed by atoms with Gasteiger partial charge in [-0.05, 0) is 54.1 Å². The average Bonchev–Trinajstić information content (AvgIpc) is 3.19. The number of aromatic nitrogens is 1. The van der Waals surface area contributed by atoms with Crippen molar-refractivity contribution in [2.75, 3.05) is 5.32 Å². The number of nitrogens with one attached hydrogen (secondary N) is 2. The molecule has 0 unspecified atom stereocenters. The molecule has 0 radical (unpaired) electrons. The van der Waals surface area contributed by atoms with Crippen LogP contribution in [0.4, 0.5) is 5.69 Å². The van der Waals surface area contributed by atoms with Gasteiger partial charge in [-0.25, -0.2) is 0 Å². The molecule has 2 aromatic heterocycles. The Kier molecular flexibility index (Phi) is 5.60. The summed E-state index contributed by atoms with van der Waals surface area (Å²) in [4.78, 5) is 28.9. The zero-order chi connectivity index (χ0) is 18.4. The van der Waals surface area contributed by atoms with Gasteiger partial charge in [0.2, 0.25) is 0 Å². The minimum Gasteiger partial charge on any atom is -0.459 e. The van der Waals surface area contributed by atoms with Crippen LogP contribution in [0.5, 0.6) is 0 Å². The van der Waals surface area contributed by atoms with Crippen molar-refractivity contribution in [3.63, 3.8) is 0 Å². The fourth-order valence-corrected chi connectivity index (χ4v) is 2.37. The first-order valence-electron chi connectivity index (χ1n) is 7.65. The van der Waals surface area contributed by atoms with Crippen molar-refractivity contribution in [2.24, 2.45) is 0 Å². The highest BCUT2D eigenvalue weighted by Gasteiger charge is 2.16. The van der Waals surface area contributed by atoms with Gasteiger partial charge in [0.05, 0.1) is 6.26 Å². The van der Waals surface area contributed by atoms with E-state index in [1.54, 1.807) is 48.8 Å². The van der Waals surface area contributed by atoms with Crippen LogP contribution in [0.15, 0.2) is 81.8 Å². The number of carbonyl (C=O) groups excluding carboxylic acids is 2. The van der Waals surface area contributed by atoms with E-state index in [9.17, 15) is 9.59 Å². The first kappa shape index (κ1) is 17.6. The Morgan fingerprint density at radius 3 is 2.54 bits per heavy atom. The summed E-state index contributed by atoms with van der Waals surface area (Å²) in [7, 11) is 0. The van der Waals surface area contributed by atoms with Crippen LogP contribution in [0.3, 0.4) is 0 Å². The van der Waals surface area contributed by atoms with Gasteiger partial charge in [0.15, 0.2) is 5.76 Å². The Labute approximate surface area is 158 Å². The Balaban J connectivity index is 1.84. The monoisotopic (exact) mass is 411 g/mol. The minimum absolute atomic E-state index is 0.0716. The number of carbonyl (C=O) groups is 2. The summed E-state index contributed by atoms with van der Waals surface area (Å²) in [6.45, 7) is 0. The molecule has 26 heavy (non-hydrogen) atoms. The maximum atomic E-state index is 12.7. The highest BCUT2D eigenvalue weighted by atomic mass is 79.9. The molecule has 3 aromatic rings. The van der Waals surface area contributed by atoms with Crippen molar-refractivity contribution in [2.45, 2.75) is 0 Å². The Morgan fingerprint density at radius 1 is 1.08 bits per heavy atom. The van der Waals surface area contributed by atoms with E-state index in [4.69, 9.17) is 4.42 Å². The van der Waals surface area contributed by atoms with Crippen molar-refractivity contribution in [1.29, 1.82) is 0 Å². The highest BCUT2D eigenvalue weighted by molar-refractivity contribution is 9.10. The lowest BCUT2D eigenvalue weighted by atomic mass is 10.2. The first-order valence-corrected chi connectivity index (χ1v) is 8.44. The number of halogens is 1. The third-order valence-electron chi connectivity index (χ3n) is 3.34. The summed E-state index contributed by atoms with van der Waals surface area (Å²) in [5.74, 6) is -0.870. The smallest absolute Gasteiger partial charge is 0.291 e. The number of pyridine rings is 1. The quantitative estimate of drug-likeness (QED) is 0.624. The summed E-state index contributed by atoms with van der Waals surface area (Å²) < 4.78 is 5.97. The van der Waals surface area contributed by atoms with Gasteiger partial charge in [0.25, 0.3) is 11.8 Å². The van der Waals surface area contributed by atoms with Crippen molar-refractivity contribution >= 4 is 39.5 Å². The maximum absolute atomic E-state index is 12.7. The maximum Gasteiger partial charge on any atom is 0.291 e. The normalized spacial score (nSPS) is 11.0. The van der Waals surface area contributed by atoms with E-state index >= 15 is 0 Å². The van der Waals surface area contributed by atoms with Crippen molar-refractivity contribution in [3.05, 3.63) is 88.7 Å². The first-order chi connectivity index (χ1) is 12.6. The molecule has 7 heteroatoms. The fourth-order valence-electron chi connectivity index (χ4n) is 2.11. The van der Waals surface area contributed by atoms with Crippen molar-refractivity contribution in [3.8, 4) is 0 Å². The lowest BCUT2D eigenvalue weighted by Gasteiger charge is -2.10. The number of anilines is 1. The van der Waals surface area contributed by atoms with E-state index in [2.05, 4.69) is 31.5 Å². The van der Waals surface area contributed by atoms with Crippen LogP contribution in [-0.2, 0) is 4.79 Å². The number of nitrogens with zero attached hydrogens (tertiary/aromatic N) is 1. The van der Waals surface area contributed by atoms with Gasteiger partial charge >= 0.3 is 0 Å². The molecule has 0 spiro atoms.